The summed E-state index contributed by atoms with van der Waals surface area (Å²) in [6.45, 7) is 2.69. The first-order chi connectivity index (χ1) is 36.2. The van der Waals surface area contributed by atoms with Crippen LogP contribution in [0.3, 0.4) is 0 Å². The van der Waals surface area contributed by atoms with Gasteiger partial charge in [0.2, 0.25) is 11.8 Å². The summed E-state index contributed by atoms with van der Waals surface area (Å²) in [5, 5.41) is 39.2. The molecule has 0 fully saturated rings. The first kappa shape index (κ1) is 52.0. The van der Waals surface area contributed by atoms with Crippen molar-refractivity contribution in [2.24, 2.45) is 11.5 Å². The molecule has 21 nitrogen and oxygen atoms in total. The Labute approximate surface area is 423 Å². The number of halogens is 2. The van der Waals surface area contributed by atoms with Crippen molar-refractivity contribution in [3.8, 4) is 45.0 Å². The molecule has 0 radical (unpaired) electrons. The Hall–Kier alpha value is -9.32. The number of nitrogens with two attached hydrogens (primary N) is 2. The van der Waals surface area contributed by atoms with E-state index >= 15 is 0 Å². The van der Waals surface area contributed by atoms with Crippen LogP contribution in [0.2, 0.25) is 0 Å². The highest BCUT2D eigenvalue weighted by Crippen LogP contribution is 2.34. The smallest absolute Gasteiger partial charge is 0.338 e. The number of fused-ring (bicyclic) bond motifs is 2. The number of carbonyl (C=O) groups is 6. The number of primary amides is 2. The van der Waals surface area contributed by atoms with Crippen molar-refractivity contribution in [1.29, 1.82) is 0 Å². The summed E-state index contributed by atoms with van der Waals surface area (Å²) < 4.78 is 45.0. The Balaban J connectivity index is 0.714. The van der Waals surface area contributed by atoms with E-state index in [9.17, 15) is 47.8 Å². The second-order valence-corrected chi connectivity index (χ2v) is 16.7. The van der Waals surface area contributed by atoms with Crippen molar-refractivity contribution in [3.63, 3.8) is 0 Å². The van der Waals surface area contributed by atoms with Crippen molar-refractivity contribution in [1.82, 2.24) is 41.0 Å². The highest BCUT2D eigenvalue weighted by atomic mass is 19.1. The molecule has 75 heavy (non-hydrogen) atoms. The van der Waals surface area contributed by atoms with Gasteiger partial charge in [-0.1, -0.05) is 24.3 Å². The Morgan fingerprint density at radius 2 is 0.907 bits per heavy atom. The molecule has 0 unspecified atom stereocenters. The zero-order valence-electron chi connectivity index (χ0n) is 39.6. The number of carbonyl (C=O) groups excluding carboxylic acids is 4. The van der Waals surface area contributed by atoms with Gasteiger partial charge in [-0.2, -0.15) is 10.2 Å². The van der Waals surface area contributed by atoms with E-state index in [0.29, 0.717) is 99.2 Å². The average Bonchev–Trinajstić information content (AvgIpc) is 4.04. The maximum Gasteiger partial charge on any atom is 0.338 e. The predicted octanol–water partition coefficient (Wildman–Crippen LogP) is 5.76. The topological polar surface area (TPSA) is 330 Å². The Morgan fingerprint density at radius 3 is 1.29 bits per heavy atom. The van der Waals surface area contributed by atoms with Gasteiger partial charge in [0.05, 0.1) is 82.2 Å². The molecule has 0 atom stereocenters. The third kappa shape index (κ3) is 12.1. The number of aromatic carboxylic acids is 2. The first-order valence-corrected chi connectivity index (χ1v) is 23.1. The summed E-state index contributed by atoms with van der Waals surface area (Å²) in [6.07, 6.45) is 1.05. The number of carboxylic acids is 2. The molecule has 0 aliphatic heterocycles. The summed E-state index contributed by atoms with van der Waals surface area (Å²) in [5.74, 6) is -7.09. The van der Waals surface area contributed by atoms with Gasteiger partial charge < -0.3 is 46.5 Å². The number of amides is 4. The zero-order valence-corrected chi connectivity index (χ0v) is 39.6. The predicted molar refractivity (Wildman–Crippen MR) is 267 cm³/mol. The van der Waals surface area contributed by atoms with Crippen molar-refractivity contribution in [2.45, 2.75) is 12.8 Å². The maximum atomic E-state index is 14.1. The van der Waals surface area contributed by atoms with Crippen LogP contribution in [-0.4, -0.2) is 129 Å². The average molecular weight is 1020 g/mol. The van der Waals surface area contributed by atoms with Gasteiger partial charge in [0.15, 0.2) is 11.3 Å². The molecule has 10 N–H and O–H groups in total. The zero-order chi connectivity index (χ0) is 53.2. The summed E-state index contributed by atoms with van der Waals surface area (Å²) >= 11 is 0. The maximum absolute atomic E-state index is 14.1. The largest absolute Gasteiger partial charge is 0.478 e. The molecule has 0 spiro atoms. The van der Waals surface area contributed by atoms with Crippen molar-refractivity contribution >= 4 is 57.6 Å². The summed E-state index contributed by atoms with van der Waals surface area (Å²) in [5.41, 5.74) is 13.9. The second kappa shape index (κ2) is 23.5. The fourth-order valence-corrected chi connectivity index (χ4v) is 7.98. The molecule has 8 aromatic rings. The van der Waals surface area contributed by atoms with Crippen molar-refractivity contribution < 1.29 is 62.0 Å². The third-order valence-corrected chi connectivity index (χ3v) is 11.6. The van der Waals surface area contributed by atoms with Crippen LogP contribution in [-0.2, 0) is 14.2 Å². The monoisotopic (exact) mass is 1020 g/mol. The number of benzene rings is 4. The highest BCUT2D eigenvalue weighted by Gasteiger charge is 2.23. The van der Waals surface area contributed by atoms with Crippen LogP contribution in [0.5, 0.6) is 0 Å². The fraction of sp³-hybridized carbons (Fsp3) is 0.192. The minimum Gasteiger partial charge on any atom is -0.478 e. The van der Waals surface area contributed by atoms with Gasteiger partial charge in [-0.05, 0) is 85.6 Å². The summed E-state index contributed by atoms with van der Waals surface area (Å²) in [7, 11) is 0. The number of nitrogens with one attached hydrogen (secondary N) is 4. The molecule has 8 rings (SSSR count). The van der Waals surface area contributed by atoms with Gasteiger partial charge in [-0.3, -0.25) is 29.4 Å². The number of nitrogens with zero attached hydrogens (tertiary/aromatic N) is 4. The number of aromatic amines is 2. The minimum absolute atomic E-state index is 0.0319. The van der Waals surface area contributed by atoms with Gasteiger partial charge in [0.1, 0.15) is 11.6 Å². The molecule has 0 bridgehead atoms. The molecule has 0 aliphatic carbocycles. The minimum atomic E-state index is -1.47. The molecule has 23 heteroatoms. The van der Waals surface area contributed by atoms with Crippen molar-refractivity contribution in [2.75, 3.05) is 52.7 Å². The van der Waals surface area contributed by atoms with E-state index in [0.717, 1.165) is 24.3 Å². The van der Waals surface area contributed by atoms with Crippen LogP contribution < -0.4 is 22.1 Å². The second-order valence-electron chi connectivity index (χ2n) is 16.7. The number of carboxylic acid groups (broad SMARTS) is 2. The molecular formula is C52H46F2N10O11. The van der Waals surface area contributed by atoms with E-state index in [1.54, 1.807) is 48.5 Å². The lowest BCUT2D eigenvalue weighted by molar-refractivity contribution is 0.0139. The molecule has 384 valence electrons. The van der Waals surface area contributed by atoms with E-state index in [1.807, 2.05) is 0 Å². The molecule has 0 saturated heterocycles. The van der Waals surface area contributed by atoms with E-state index in [-0.39, 0.29) is 67.5 Å². The van der Waals surface area contributed by atoms with E-state index < -0.39 is 46.5 Å². The van der Waals surface area contributed by atoms with Crippen LogP contribution in [0, 0.1) is 11.6 Å². The Morgan fingerprint density at radius 1 is 0.507 bits per heavy atom. The molecule has 4 amide bonds. The van der Waals surface area contributed by atoms with Crippen LogP contribution in [0.4, 0.5) is 8.78 Å². The lowest BCUT2D eigenvalue weighted by Gasteiger charge is -2.09. The SMILES string of the molecule is NC(=O)c1cc(-c2ccc(F)c(C(=O)O)c2)nc2n[nH]c(-c3cccc(C(=O)NCCCOCCOCCOCCCNC(=O)c4cccc(-c5[nH]nc6nc(-c7ccc(F)c(C(=O)O)c7)cc(C(N)=O)c56)c4)c3)c12. The molecule has 4 aromatic carbocycles. The standard InChI is InChI=1S/C52H46F2N10O11/c53-37-11-9-27(23-33(37)51(69)70)39-25-35(45(55)65)41-43(61-63-47(41)59-39)29-5-1-7-31(21-29)49(67)57-13-3-15-73-17-19-75-20-18-74-16-4-14-58-50(68)32-8-2-6-30(22-32)44-42-36(46(56)66)26-40(60-48(42)64-62-44)28-10-12-38(54)34(24-28)52(71)72/h1-2,5-12,21-26H,3-4,13-20H2,(H2,55,65)(H2,56,66)(H,57,67)(H,58,68)(H,69,70)(H,71,72)(H,59,61,63)(H,60,62,64). The summed E-state index contributed by atoms with van der Waals surface area (Å²) in [6, 6.07) is 22.9. The first-order valence-electron chi connectivity index (χ1n) is 23.1. The molecular weight excluding hydrogens is 979 g/mol. The Bertz CT molecular complexity index is 3280. The lowest BCUT2D eigenvalue weighted by atomic mass is 10.00. The van der Waals surface area contributed by atoms with Crippen LogP contribution in [0.15, 0.2) is 97.1 Å². The number of H-pyrrole nitrogens is 2. The summed E-state index contributed by atoms with van der Waals surface area (Å²) in [4.78, 5) is 83.3. The number of hydrogen-bond acceptors (Lipinski definition) is 13. The van der Waals surface area contributed by atoms with Crippen LogP contribution in [0.1, 0.15) is 75.0 Å². The van der Waals surface area contributed by atoms with E-state index in [4.69, 9.17) is 25.7 Å². The Kier molecular flexibility index (Phi) is 16.3. The van der Waals surface area contributed by atoms with Crippen molar-refractivity contribution in [3.05, 3.63) is 142 Å². The van der Waals surface area contributed by atoms with Gasteiger partial charge in [0, 0.05) is 59.7 Å². The number of ether oxygens (including phenoxy) is 3. The van der Waals surface area contributed by atoms with Crippen LogP contribution in [0.25, 0.3) is 67.1 Å². The van der Waals surface area contributed by atoms with E-state index in [1.165, 1.54) is 24.3 Å². The highest BCUT2D eigenvalue weighted by molar-refractivity contribution is 6.12. The number of rotatable bonds is 24. The quantitative estimate of drug-likeness (QED) is 0.0334. The third-order valence-electron chi connectivity index (χ3n) is 11.6. The molecule has 4 heterocycles. The number of aromatic nitrogens is 6. The normalized spacial score (nSPS) is 11.2. The van der Waals surface area contributed by atoms with Gasteiger partial charge in [-0.15, -0.1) is 0 Å². The van der Waals surface area contributed by atoms with Crippen LogP contribution >= 0.6 is 0 Å². The molecule has 4 aromatic heterocycles. The van der Waals surface area contributed by atoms with E-state index in [2.05, 4.69) is 41.0 Å². The van der Waals surface area contributed by atoms with Gasteiger partial charge in [-0.25, -0.2) is 28.3 Å². The number of pyridine rings is 2. The fourth-order valence-electron chi connectivity index (χ4n) is 7.98. The molecule has 0 saturated carbocycles. The van der Waals surface area contributed by atoms with Gasteiger partial charge >= 0.3 is 11.9 Å². The molecule has 0 aliphatic rings. The van der Waals surface area contributed by atoms with Gasteiger partial charge in [0.25, 0.3) is 11.8 Å². The number of hydrogen-bond donors (Lipinski definition) is 8. The lowest BCUT2D eigenvalue weighted by Crippen LogP contribution is -2.25.